The average Bonchev–Trinajstić information content (AvgIpc) is 2.90. The summed E-state index contributed by atoms with van der Waals surface area (Å²) >= 11 is 1.05. The zero-order valence-corrected chi connectivity index (χ0v) is 13.3. The molecule has 0 unspecified atom stereocenters. The van der Waals surface area contributed by atoms with Crippen molar-refractivity contribution in [2.75, 3.05) is 0 Å². The van der Waals surface area contributed by atoms with Gasteiger partial charge in [-0.1, -0.05) is 36.0 Å². The van der Waals surface area contributed by atoms with E-state index in [0.29, 0.717) is 16.2 Å². The summed E-state index contributed by atoms with van der Waals surface area (Å²) in [6, 6.07) is 7.51. The van der Waals surface area contributed by atoms with Crippen LogP contribution in [0.1, 0.15) is 6.92 Å². The normalized spacial score (nSPS) is 12.6. The van der Waals surface area contributed by atoms with Crippen LogP contribution >= 0.6 is 11.8 Å². The highest BCUT2D eigenvalue weighted by Gasteiger charge is 2.20. The van der Waals surface area contributed by atoms with E-state index in [2.05, 4.69) is 16.5 Å². The predicted molar refractivity (Wildman–Crippen MR) is 91.0 cm³/mol. The number of fused-ring (bicyclic) bond motifs is 3. The first kappa shape index (κ1) is 15.4. The van der Waals surface area contributed by atoms with Gasteiger partial charge in [-0.25, -0.2) is 4.98 Å². The van der Waals surface area contributed by atoms with E-state index in [-0.39, 0.29) is 12.1 Å². The Kier molecular flexibility index (Phi) is 3.96. The number of nitrogens with one attached hydrogen (secondary N) is 1. The highest BCUT2D eigenvalue weighted by Crippen LogP contribution is 2.26. The van der Waals surface area contributed by atoms with E-state index in [1.165, 1.54) is 4.57 Å². The fourth-order valence-corrected chi connectivity index (χ4v) is 3.21. The first-order chi connectivity index (χ1) is 11.0. The van der Waals surface area contributed by atoms with Crippen LogP contribution in [0.4, 0.5) is 0 Å². The topological polar surface area (TPSA) is 88.0 Å². The molecule has 0 saturated carbocycles. The number of allylic oxidation sites excluding steroid dienone is 1. The Balaban J connectivity index is 2.30. The number of hydrogen-bond acceptors (Lipinski definition) is 4. The number of hydrogen-bond donors (Lipinski definition) is 2. The molecular formula is C16H15N3O3S. The summed E-state index contributed by atoms with van der Waals surface area (Å²) in [6.45, 7) is 5.49. The molecule has 0 aliphatic rings. The summed E-state index contributed by atoms with van der Waals surface area (Å²) in [7, 11) is 0. The quantitative estimate of drug-likeness (QED) is 0.427. The van der Waals surface area contributed by atoms with E-state index in [4.69, 9.17) is 5.11 Å². The molecule has 2 aromatic heterocycles. The van der Waals surface area contributed by atoms with Gasteiger partial charge in [0, 0.05) is 17.4 Å². The van der Waals surface area contributed by atoms with Crippen molar-refractivity contribution in [1.82, 2.24) is 14.5 Å². The lowest BCUT2D eigenvalue weighted by Crippen LogP contribution is -2.24. The first-order valence-corrected chi connectivity index (χ1v) is 7.92. The van der Waals surface area contributed by atoms with E-state index in [1.807, 2.05) is 24.3 Å². The maximum atomic E-state index is 12.7. The Hall–Kier alpha value is -2.54. The number of thioether (sulfide) groups is 1. The summed E-state index contributed by atoms with van der Waals surface area (Å²) in [5, 5.41) is 9.63. The summed E-state index contributed by atoms with van der Waals surface area (Å²) in [6.07, 6.45) is 1.59. The molecule has 6 nitrogen and oxygen atoms in total. The number of para-hydroxylation sites is 1. The number of rotatable bonds is 5. The second-order valence-corrected chi connectivity index (χ2v) is 6.40. The van der Waals surface area contributed by atoms with Crippen molar-refractivity contribution in [3.63, 3.8) is 0 Å². The maximum Gasteiger partial charge on any atom is 0.316 e. The van der Waals surface area contributed by atoms with Gasteiger partial charge in [-0.15, -0.1) is 6.58 Å². The van der Waals surface area contributed by atoms with Crippen LogP contribution in [-0.4, -0.2) is 30.9 Å². The number of aromatic amines is 1. The minimum absolute atomic E-state index is 0.230. The summed E-state index contributed by atoms with van der Waals surface area (Å²) < 4.78 is 1.44. The number of aromatic nitrogens is 3. The highest BCUT2D eigenvalue weighted by molar-refractivity contribution is 8.00. The van der Waals surface area contributed by atoms with Crippen LogP contribution in [0, 0.1) is 0 Å². The lowest BCUT2D eigenvalue weighted by molar-refractivity contribution is -0.136. The molecule has 3 aromatic rings. The van der Waals surface area contributed by atoms with Crippen LogP contribution in [0.5, 0.6) is 0 Å². The van der Waals surface area contributed by atoms with Crippen LogP contribution in [-0.2, 0) is 11.3 Å². The molecular weight excluding hydrogens is 314 g/mol. The van der Waals surface area contributed by atoms with Crippen molar-refractivity contribution in [2.24, 2.45) is 0 Å². The van der Waals surface area contributed by atoms with Gasteiger partial charge in [0.2, 0.25) is 0 Å². The van der Waals surface area contributed by atoms with E-state index >= 15 is 0 Å². The molecule has 0 saturated heterocycles. The minimum Gasteiger partial charge on any atom is -0.480 e. The number of benzene rings is 1. The third-order valence-corrected chi connectivity index (χ3v) is 4.60. The molecule has 2 N–H and O–H groups in total. The molecule has 0 aliphatic carbocycles. The molecule has 3 rings (SSSR count). The van der Waals surface area contributed by atoms with Crippen molar-refractivity contribution >= 4 is 39.7 Å². The minimum atomic E-state index is -0.951. The van der Waals surface area contributed by atoms with E-state index in [1.54, 1.807) is 13.0 Å². The van der Waals surface area contributed by atoms with Gasteiger partial charge in [0.15, 0.2) is 5.16 Å². The van der Waals surface area contributed by atoms with Gasteiger partial charge < -0.3 is 10.1 Å². The Bertz CT molecular complexity index is 974. The molecule has 0 amide bonds. The Morgan fingerprint density at radius 2 is 2.26 bits per heavy atom. The van der Waals surface area contributed by atoms with Crippen molar-refractivity contribution in [2.45, 2.75) is 23.9 Å². The smallest absolute Gasteiger partial charge is 0.316 e. The Morgan fingerprint density at radius 1 is 1.52 bits per heavy atom. The van der Waals surface area contributed by atoms with Crippen LogP contribution < -0.4 is 5.56 Å². The lowest BCUT2D eigenvalue weighted by atomic mass is 10.2. The van der Waals surface area contributed by atoms with E-state index in [9.17, 15) is 9.59 Å². The number of carbonyl (C=O) groups is 1. The van der Waals surface area contributed by atoms with Gasteiger partial charge in [0.25, 0.3) is 5.56 Å². The first-order valence-electron chi connectivity index (χ1n) is 7.04. The van der Waals surface area contributed by atoms with Gasteiger partial charge in [-0.3, -0.25) is 14.2 Å². The summed E-state index contributed by atoms with van der Waals surface area (Å²) in [5.74, 6) is -0.951. The van der Waals surface area contributed by atoms with Crippen LogP contribution in [0.2, 0.25) is 0 Å². The summed E-state index contributed by atoms with van der Waals surface area (Å²) in [4.78, 5) is 31.5. The largest absolute Gasteiger partial charge is 0.480 e. The zero-order chi connectivity index (χ0) is 16.6. The second-order valence-electron chi connectivity index (χ2n) is 5.09. The third kappa shape index (κ3) is 2.63. The summed E-state index contributed by atoms with van der Waals surface area (Å²) in [5.41, 5.74) is 1.57. The van der Waals surface area contributed by atoms with Gasteiger partial charge >= 0.3 is 5.97 Å². The third-order valence-electron chi connectivity index (χ3n) is 3.52. The fourth-order valence-electron chi connectivity index (χ4n) is 2.36. The maximum absolute atomic E-state index is 12.7. The molecule has 1 atom stereocenters. The number of H-pyrrole nitrogens is 1. The number of carboxylic acids is 1. The number of aliphatic carboxylic acids is 1. The standard InChI is InChI=1S/C16H15N3O3S/c1-3-8-19-14(20)13-12(10-6-4-5-7-11(10)17-13)18-16(19)23-9(2)15(21)22/h3-7,9,17H,1,8H2,2H3,(H,21,22)/t9-/m0/s1. The van der Waals surface area contributed by atoms with Crippen LogP contribution in [0.15, 0.2) is 46.9 Å². The number of carboxylic acid groups (broad SMARTS) is 1. The van der Waals surface area contributed by atoms with Gasteiger partial charge in [-0.05, 0) is 13.0 Å². The van der Waals surface area contributed by atoms with Gasteiger partial charge in [0.05, 0.1) is 0 Å². The van der Waals surface area contributed by atoms with E-state index < -0.39 is 11.2 Å². The molecule has 0 spiro atoms. The van der Waals surface area contributed by atoms with E-state index in [0.717, 1.165) is 22.7 Å². The van der Waals surface area contributed by atoms with Crippen LogP contribution in [0.3, 0.4) is 0 Å². The lowest BCUT2D eigenvalue weighted by Gasteiger charge is -2.12. The Labute approximate surface area is 135 Å². The van der Waals surface area contributed by atoms with Crippen molar-refractivity contribution in [3.05, 3.63) is 47.3 Å². The van der Waals surface area contributed by atoms with Crippen LogP contribution in [0.25, 0.3) is 21.9 Å². The molecule has 23 heavy (non-hydrogen) atoms. The Morgan fingerprint density at radius 3 is 2.96 bits per heavy atom. The highest BCUT2D eigenvalue weighted by atomic mass is 32.2. The predicted octanol–water partition coefficient (Wildman–Crippen LogP) is 2.63. The van der Waals surface area contributed by atoms with Crippen molar-refractivity contribution in [1.29, 1.82) is 0 Å². The van der Waals surface area contributed by atoms with Crippen molar-refractivity contribution in [3.8, 4) is 0 Å². The molecule has 0 bridgehead atoms. The average molecular weight is 329 g/mol. The SMILES string of the molecule is C=CCn1c(S[C@@H](C)C(=O)O)nc2c([nH]c3ccccc32)c1=O. The molecule has 0 aliphatic heterocycles. The fraction of sp³-hybridized carbons (Fsp3) is 0.188. The second kappa shape index (κ2) is 5.92. The van der Waals surface area contributed by atoms with Gasteiger partial charge in [0.1, 0.15) is 16.3 Å². The molecule has 0 fully saturated rings. The van der Waals surface area contributed by atoms with Gasteiger partial charge in [-0.2, -0.15) is 0 Å². The molecule has 2 heterocycles. The molecule has 118 valence electrons. The van der Waals surface area contributed by atoms with Crippen molar-refractivity contribution < 1.29 is 9.90 Å². The number of nitrogens with zero attached hydrogens (tertiary/aromatic N) is 2. The molecule has 1 aromatic carbocycles. The molecule has 7 heteroatoms. The zero-order valence-electron chi connectivity index (χ0n) is 12.4. The monoisotopic (exact) mass is 329 g/mol. The molecule has 0 radical (unpaired) electrons.